The van der Waals surface area contributed by atoms with Gasteiger partial charge in [0.25, 0.3) is 0 Å². The minimum Gasteiger partial charge on any atom is -0.492 e. The van der Waals surface area contributed by atoms with Gasteiger partial charge in [0.1, 0.15) is 16.4 Å². The van der Waals surface area contributed by atoms with Crippen LogP contribution in [0.1, 0.15) is 37.2 Å². The highest BCUT2D eigenvalue weighted by molar-refractivity contribution is 7.99. The Morgan fingerprint density at radius 2 is 2.03 bits per heavy atom. The van der Waals surface area contributed by atoms with Crippen molar-refractivity contribution < 1.29 is 9.53 Å². The summed E-state index contributed by atoms with van der Waals surface area (Å²) >= 11 is 3.03. The fourth-order valence-corrected chi connectivity index (χ4v) is 5.94. The summed E-state index contributed by atoms with van der Waals surface area (Å²) < 4.78 is 8.51. The highest BCUT2D eigenvalue weighted by Gasteiger charge is 2.30. The van der Waals surface area contributed by atoms with Gasteiger partial charge >= 0.3 is 0 Å². The molecule has 0 saturated carbocycles. The van der Waals surface area contributed by atoms with Crippen LogP contribution in [0.2, 0.25) is 0 Å². The van der Waals surface area contributed by atoms with Gasteiger partial charge in [-0.25, -0.2) is 4.98 Å². The molecular formula is C23H24N6O2S2. The van der Waals surface area contributed by atoms with Crippen LogP contribution in [0.15, 0.2) is 53.7 Å². The van der Waals surface area contributed by atoms with E-state index in [2.05, 4.69) is 21.6 Å². The highest BCUT2D eigenvalue weighted by atomic mass is 32.2. The number of carbonyl (C=O) groups excluding carboxylic acids is 1. The number of hydrogen-bond donors (Lipinski definition) is 0. The van der Waals surface area contributed by atoms with Crippen molar-refractivity contribution in [2.75, 3.05) is 18.9 Å². The zero-order valence-electron chi connectivity index (χ0n) is 18.3. The molecule has 1 atom stereocenters. The van der Waals surface area contributed by atoms with E-state index in [0.717, 1.165) is 46.7 Å². The average molecular weight is 481 g/mol. The molecule has 0 spiro atoms. The zero-order valence-corrected chi connectivity index (χ0v) is 19.9. The molecule has 1 saturated heterocycles. The molecule has 33 heavy (non-hydrogen) atoms. The summed E-state index contributed by atoms with van der Waals surface area (Å²) in [6.07, 6.45) is 3.05. The number of aromatic nitrogens is 5. The minimum absolute atomic E-state index is 0.0268. The number of thiazole rings is 1. The number of ether oxygens (including phenoxy) is 1. The van der Waals surface area contributed by atoms with Crippen LogP contribution in [0.4, 0.5) is 0 Å². The van der Waals surface area contributed by atoms with E-state index in [0.29, 0.717) is 17.5 Å². The van der Waals surface area contributed by atoms with Gasteiger partial charge in [0.2, 0.25) is 11.1 Å². The second kappa shape index (κ2) is 9.88. The monoisotopic (exact) mass is 480 g/mol. The first-order valence-electron chi connectivity index (χ1n) is 11.0. The topological polar surface area (TPSA) is 86.0 Å². The van der Waals surface area contributed by atoms with Crippen LogP contribution in [0.3, 0.4) is 0 Å². The quantitative estimate of drug-likeness (QED) is 0.360. The van der Waals surface area contributed by atoms with Crippen molar-refractivity contribution in [2.45, 2.75) is 37.4 Å². The van der Waals surface area contributed by atoms with E-state index in [9.17, 15) is 4.79 Å². The number of benzene rings is 2. The predicted molar refractivity (Wildman–Crippen MR) is 129 cm³/mol. The number of fused-ring (bicyclic) bond motifs is 1. The number of thioether (sulfide) groups is 1. The molecule has 5 rings (SSSR count). The molecule has 1 aliphatic rings. The first-order valence-corrected chi connectivity index (χ1v) is 12.8. The molecule has 2 aromatic carbocycles. The highest BCUT2D eigenvalue weighted by Crippen LogP contribution is 2.36. The molecule has 0 bridgehead atoms. The van der Waals surface area contributed by atoms with Gasteiger partial charge in [-0.1, -0.05) is 36.0 Å². The third-order valence-corrected chi connectivity index (χ3v) is 7.62. The fraction of sp³-hybridized carbons (Fsp3) is 0.348. The molecule has 0 aliphatic carbocycles. The Kier molecular flexibility index (Phi) is 6.54. The van der Waals surface area contributed by atoms with E-state index in [1.54, 1.807) is 16.0 Å². The number of likely N-dealkylation sites (tertiary alicyclic amines) is 1. The average Bonchev–Trinajstić information content (AvgIpc) is 3.50. The molecule has 1 unspecified atom stereocenters. The summed E-state index contributed by atoms with van der Waals surface area (Å²) in [6, 6.07) is 15.8. The molecular weight excluding hydrogens is 456 g/mol. The zero-order chi connectivity index (χ0) is 22.6. The first-order chi connectivity index (χ1) is 16.2. The molecule has 170 valence electrons. The van der Waals surface area contributed by atoms with E-state index >= 15 is 0 Å². The summed E-state index contributed by atoms with van der Waals surface area (Å²) in [7, 11) is 0. The number of hydrogen-bond acceptors (Lipinski definition) is 8. The molecule has 10 heteroatoms. The largest absolute Gasteiger partial charge is 0.492 e. The molecule has 0 N–H and O–H groups in total. The van der Waals surface area contributed by atoms with Crippen molar-refractivity contribution in [3.63, 3.8) is 0 Å². The number of piperidine rings is 1. The lowest BCUT2D eigenvalue weighted by molar-refractivity contribution is -0.132. The van der Waals surface area contributed by atoms with E-state index < -0.39 is 0 Å². The van der Waals surface area contributed by atoms with Crippen LogP contribution in [0.5, 0.6) is 5.75 Å². The van der Waals surface area contributed by atoms with Crippen molar-refractivity contribution in [3.8, 4) is 11.4 Å². The molecule has 2 aromatic heterocycles. The second-order valence-corrected chi connectivity index (χ2v) is 9.69. The van der Waals surface area contributed by atoms with Crippen LogP contribution >= 0.6 is 23.1 Å². The van der Waals surface area contributed by atoms with E-state index in [1.165, 1.54) is 11.8 Å². The first kappa shape index (κ1) is 21.8. The Morgan fingerprint density at radius 1 is 1.18 bits per heavy atom. The van der Waals surface area contributed by atoms with Gasteiger partial charge in [-0.3, -0.25) is 4.79 Å². The predicted octanol–water partition coefficient (Wildman–Crippen LogP) is 4.52. The number of carbonyl (C=O) groups is 1. The van der Waals surface area contributed by atoms with E-state index in [4.69, 9.17) is 9.72 Å². The Labute approximate surface area is 200 Å². The summed E-state index contributed by atoms with van der Waals surface area (Å²) in [4.78, 5) is 20.1. The molecule has 4 aromatic rings. The maximum atomic E-state index is 13.3. The molecule has 0 radical (unpaired) electrons. The molecule has 8 nitrogen and oxygen atoms in total. The van der Waals surface area contributed by atoms with Crippen LogP contribution in [-0.4, -0.2) is 54.9 Å². The summed E-state index contributed by atoms with van der Waals surface area (Å²) in [5, 5.41) is 13.7. The number of amides is 1. The van der Waals surface area contributed by atoms with Crippen LogP contribution < -0.4 is 4.74 Å². The summed E-state index contributed by atoms with van der Waals surface area (Å²) in [6.45, 7) is 3.23. The SMILES string of the molecule is CCOc1ccccc1-n1nnnc1SCC(=O)N1CCCCC1c1nc2ccccc2s1. The molecule has 1 amide bonds. The van der Waals surface area contributed by atoms with Crippen molar-refractivity contribution in [2.24, 2.45) is 0 Å². The lowest BCUT2D eigenvalue weighted by Gasteiger charge is -2.34. The summed E-state index contributed by atoms with van der Waals surface area (Å²) in [5.41, 5.74) is 1.75. The Bertz CT molecular complexity index is 1220. The minimum atomic E-state index is 0.0268. The summed E-state index contributed by atoms with van der Waals surface area (Å²) in [5.74, 6) is 1.04. The lowest BCUT2D eigenvalue weighted by atomic mass is 10.0. The van der Waals surface area contributed by atoms with Gasteiger partial charge in [-0.05, 0) is 60.9 Å². The molecule has 1 fully saturated rings. The van der Waals surface area contributed by atoms with E-state index in [1.807, 2.05) is 54.3 Å². The van der Waals surface area contributed by atoms with Gasteiger partial charge < -0.3 is 9.64 Å². The number of nitrogens with zero attached hydrogens (tertiary/aromatic N) is 6. The number of rotatable bonds is 7. The molecule has 3 heterocycles. The third kappa shape index (κ3) is 4.58. The second-order valence-electron chi connectivity index (χ2n) is 7.68. The van der Waals surface area contributed by atoms with Gasteiger partial charge in [0.05, 0.1) is 28.6 Å². The van der Waals surface area contributed by atoms with Crippen LogP contribution in [0.25, 0.3) is 15.9 Å². The van der Waals surface area contributed by atoms with Crippen LogP contribution in [0, 0.1) is 0 Å². The van der Waals surface area contributed by atoms with Gasteiger partial charge in [0.15, 0.2) is 0 Å². The normalized spacial score (nSPS) is 16.3. The Morgan fingerprint density at radius 3 is 2.91 bits per heavy atom. The fourth-order valence-electron chi connectivity index (χ4n) is 4.06. The Hall–Kier alpha value is -2.98. The number of para-hydroxylation sites is 3. The third-order valence-electron chi connectivity index (χ3n) is 5.58. The van der Waals surface area contributed by atoms with Crippen molar-refractivity contribution in [1.29, 1.82) is 0 Å². The maximum absolute atomic E-state index is 13.3. The van der Waals surface area contributed by atoms with Crippen molar-refractivity contribution in [1.82, 2.24) is 30.1 Å². The number of tetrazole rings is 1. The van der Waals surface area contributed by atoms with Crippen molar-refractivity contribution in [3.05, 3.63) is 53.5 Å². The van der Waals surface area contributed by atoms with Crippen molar-refractivity contribution >= 4 is 39.2 Å². The Balaban J connectivity index is 1.32. The van der Waals surface area contributed by atoms with E-state index in [-0.39, 0.29) is 17.7 Å². The molecule has 1 aliphatic heterocycles. The lowest BCUT2D eigenvalue weighted by Crippen LogP contribution is -2.39. The standard InChI is InChI=1S/C23H24N6O2S2/c1-2-31-19-12-5-4-10-17(19)29-23(25-26-27-29)32-15-21(30)28-14-8-7-11-18(28)22-24-16-9-3-6-13-20(16)33-22/h3-6,9-10,12-13,18H,2,7-8,11,14-15H2,1H3. The van der Waals surface area contributed by atoms with Gasteiger partial charge in [0, 0.05) is 6.54 Å². The smallest absolute Gasteiger partial charge is 0.233 e. The van der Waals surface area contributed by atoms with Gasteiger partial charge in [-0.15, -0.1) is 16.4 Å². The van der Waals surface area contributed by atoms with Gasteiger partial charge in [-0.2, -0.15) is 4.68 Å². The maximum Gasteiger partial charge on any atom is 0.233 e. The van der Waals surface area contributed by atoms with Crippen LogP contribution in [-0.2, 0) is 4.79 Å².